The Morgan fingerprint density at radius 3 is 2.67 bits per heavy atom. The molecule has 3 N–H and O–H groups in total. The quantitative estimate of drug-likeness (QED) is 0.513. The zero-order valence-corrected chi connectivity index (χ0v) is 22.0. The van der Waals surface area contributed by atoms with Crippen LogP contribution in [0.3, 0.4) is 0 Å². The number of nitrogens with two attached hydrogens (primary N) is 1. The number of pyridine rings is 1. The summed E-state index contributed by atoms with van der Waals surface area (Å²) in [5.74, 6) is 0.0784. The first-order valence-electron chi connectivity index (χ1n) is 12.7. The number of aromatic nitrogens is 2. The van der Waals surface area contributed by atoms with Crippen molar-refractivity contribution in [1.29, 1.82) is 0 Å². The number of piperidine rings is 2. The largest absolute Gasteiger partial charge is 0.383 e. The number of aryl methyl sites for hydroxylation is 1. The minimum Gasteiger partial charge on any atom is -0.383 e. The fraction of sp³-hybridized carbons (Fsp3) is 0.481. The van der Waals surface area contributed by atoms with Gasteiger partial charge in [-0.05, 0) is 88.0 Å². The Kier molecular flexibility index (Phi) is 6.94. The molecule has 2 aromatic heterocycles. The number of likely N-dealkylation sites (tertiary alicyclic amines) is 2. The zero-order valence-electron chi connectivity index (χ0n) is 21.2. The number of carbonyl (C=O) groups excluding carboxylic acids is 2. The molecular weight excluding hydrogens is 472 g/mol. The van der Waals surface area contributed by atoms with E-state index in [1.165, 1.54) is 15.9 Å². The maximum Gasteiger partial charge on any atom is 0.313 e. The smallest absolute Gasteiger partial charge is 0.313 e. The summed E-state index contributed by atoms with van der Waals surface area (Å²) >= 11 is 1.79. The zero-order chi connectivity index (χ0) is 25.4. The number of nitrogens with zero attached hydrogens (tertiary/aromatic N) is 4. The second-order valence-corrected chi connectivity index (χ2v) is 11.5. The highest BCUT2D eigenvalue weighted by molar-refractivity contribution is 7.18. The van der Waals surface area contributed by atoms with E-state index in [0.29, 0.717) is 29.9 Å². The molecule has 8 nitrogen and oxygen atoms in total. The summed E-state index contributed by atoms with van der Waals surface area (Å²) in [6.07, 6.45) is 5.59. The predicted molar refractivity (Wildman–Crippen MR) is 144 cm³/mol. The maximum atomic E-state index is 13.3. The topological polar surface area (TPSA) is 104 Å². The van der Waals surface area contributed by atoms with Gasteiger partial charge in [0.15, 0.2) is 0 Å². The first-order valence-corrected chi connectivity index (χ1v) is 13.5. The van der Waals surface area contributed by atoms with Crippen molar-refractivity contribution < 1.29 is 9.59 Å². The van der Waals surface area contributed by atoms with Crippen molar-refractivity contribution in [2.24, 2.45) is 5.92 Å². The van der Waals surface area contributed by atoms with Crippen LogP contribution in [-0.2, 0) is 9.59 Å². The van der Waals surface area contributed by atoms with E-state index in [-0.39, 0.29) is 6.04 Å². The minimum atomic E-state index is -0.653. The summed E-state index contributed by atoms with van der Waals surface area (Å²) in [4.78, 5) is 39.5. The van der Waals surface area contributed by atoms with Crippen molar-refractivity contribution in [3.63, 3.8) is 0 Å². The molecule has 0 saturated carbocycles. The molecule has 2 atom stereocenters. The lowest BCUT2D eigenvalue weighted by atomic mass is 9.89. The number of hydrogen-bond acceptors (Lipinski definition) is 7. The Labute approximate surface area is 215 Å². The van der Waals surface area contributed by atoms with Crippen LogP contribution in [-0.4, -0.2) is 58.3 Å². The molecule has 190 valence electrons. The van der Waals surface area contributed by atoms with E-state index in [1.807, 2.05) is 6.92 Å². The molecule has 4 heterocycles. The molecule has 2 saturated heterocycles. The lowest BCUT2D eigenvalue weighted by molar-refractivity contribution is -0.146. The van der Waals surface area contributed by atoms with Crippen LogP contribution >= 0.6 is 11.3 Å². The number of anilines is 2. The number of hydrogen-bond donors (Lipinski definition) is 2. The van der Waals surface area contributed by atoms with Gasteiger partial charge in [-0.25, -0.2) is 9.97 Å². The maximum absolute atomic E-state index is 13.3. The Morgan fingerprint density at radius 1 is 1.14 bits per heavy atom. The summed E-state index contributed by atoms with van der Waals surface area (Å²) < 4.78 is 1.18. The number of nitrogens with one attached hydrogen (secondary N) is 1. The molecule has 0 aliphatic carbocycles. The minimum absolute atomic E-state index is 0.149. The average molecular weight is 507 g/mol. The standard InChI is InChI=1S/C27H34N6O2S/c1-16-4-6-22(33(15-16)27(35)25(34)30-20-12-17(2)24(28)29-14-20)19-5-7-23-21(13-19)31-26(36-23)18-8-10-32(3)11-9-18/h5,7,12-14,16,18,22H,4,6,8-11,15H2,1-3H3,(H2,28,29)(H,30,34)/t16-,22+/m1/s1. The highest BCUT2D eigenvalue weighted by atomic mass is 32.1. The predicted octanol–water partition coefficient (Wildman–Crippen LogP) is 4.33. The van der Waals surface area contributed by atoms with Gasteiger partial charge in [0.25, 0.3) is 0 Å². The van der Waals surface area contributed by atoms with Crippen molar-refractivity contribution in [3.05, 3.63) is 46.6 Å². The molecule has 2 fully saturated rings. The fourth-order valence-corrected chi connectivity index (χ4v) is 6.41. The number of benzene rings is 1. The van der Waals surface area contributed by atoms with Crippen LogP contribution in [0.1, 0.15) is 60.7 Å². The van der Waals surface area contributed by atoms with Crippen molar-refractivity contribution in [3.8, 4) is 0 Å². The summed E-state index contributed by atoms with van der Waals surface area (Å²) in [7, 11) is 2.17. The summed E-state index contributed by atoms with van der Waals surface area (Å²) in [6.45, 7) is 6.70. The second kappa shape index (κ2) is 10.1. The average Bonchev–Trinajstić information content (AvgIpc) is 3.29. The van der Waals surface area contributed by atoms with Gasteiger partial charge in [-0.3, -0.25) is 9.59 Å². The van der Waals surface area contributed by atoms with Gasteiger partial charge in [0.2, 0.25) is 0 Å². The second-order valence-electron chi connectivity index (χ2n) is 10.4. The van der Waals surface area contributed by atoms with E-state index in [0.717, 1.165) is 55.4 Å². The third-order valence-corrected chi connectivity index (χ3v) is 8.73. The number of rotatable bonds is 3. The molecule has 3 aromatic rings. The summed E-state index contributed by atoms with van der Waals surface area (Å²) in [6, 6.07) is 7.93. The van der Waals surface area contributed by atoms with Crippen LogP contribution in [0.15, 0.2) is 30.5 Å². The molecule has 9 heteroatoms. The van der Waals surface area contributed by atoms with Gasteiger partial charge in [0, 0.05) is 12.5 Å². The molecule has 0 spiro atoms. The molecule has 2 amide bonds. The van der Waals surface area contributed by atoms with Gasteiger partial charge in [0.1, 0.15) is 5.82 Å². The molecule has 5 rings (SSSR count). The Morgan fingerprint density at radius 2 is 1.92 bits per heavy atom. The van der Waals surface area contributed by atoms with E-state index in [1.54, 1.807) is 22.3 Å². The lowest BCUT2D eigenvalue weighted by Crippen LogP contribution is -2.46. The van der Waals surface area contributed by atoms with E-state index < -0.39 is 11.8 Å². The van der Waals surface area contributed by atoms with Crippen molar-refractivity contribution in [2.75, 3.05) is 37.7 Å². The van der Waals surface area contributed by atoms with Crippen LogP contribution < -0.4 is 11.1 Å². The fourth-order valence-electron chi connectivity index (χ4n) is 5.29. The number of nitrogen functional groups attached to an aromatic ring is 1. The molecule has 0 unspecified atom stereocenters. The number of thiazole rings is 1. The van der Waals surface area contributed by atoms with E-state index >= 15 is 0 Å². The Balaban J connectivity index is 1.36. The SMILES string of the molecule is Cc1cc(NC(=O)C(=O)N2C[C@H](C)CC[C@H]2c2ccc3sc(C4CCN(C)CC4)nc3c2)cnc1N. The van der Waals surface area contributed by atoms with Gasteiger partial charge in [-0.2, -0.15) is 0 Å². The molecular formula is C27H34N6O2S. The molecule has 0 bridgehead atoms. The number of fused-ring (bicyclic) bond motifs is 1. The van der Waals surface area contributed by atoms with Gasteiger partial charge in [0.05, 0.1) is 33.2 Å². The highest BCUT2D eigenvalue weighted by Gasteiger charge is 2.34. The van der Waals surface area contributed by atoms with Crippen LogP contribution in [0.4, 0.5) is 11.5 Å². The third-order valence-electron chi connectivity index (χ3n) is 7.53. The molecule has 2 aliphatic heterocycles. The molecule has 0 radical (unpaired) electrons. The normalized spacial score (nSPS) is 21.6. The van der Waals surface area contributed by atoms with Crippen molar-refractivity contribution >= 4 is 44.9 Å². The van der Waals surface area contributed by atoms with E-state index in [9.17, 15) is 9.59 Å². The number of carbonyl (C=O) groups is 2. The molecule has 2 aliphatic rings. The van der Waals surface area contributed by atoms with Gasteiger partial charge < -0.3 is 20.9 Å². The molecule has 36 heavy (non-hydrogen) atoms. The Hall–Kier alpha value is -3.04. The lowest BCUT2D eigenvalue weighted by Gasteiger charge is -2.38. The summed E-state index contributed by atoms with van der Waals surface area (Å²) in [5.41, 5.74) is 9.03. The molecule has 1 aromatic carbocycles. The third kappa shape index (κ3) is 5.08. The van der Waals surface area contributed by atoms with Gasteiger partial charge >= 0.3 is 11.8 Å². The van der Waals surface area contributed by atoms with Gasteiger partial charge in [-0.15, -0.1) is 11.3 Å². The van der Waals surface area contributed by atoms with Crippen LogP contribution in [0.25, 0.3) is 10.2 Å². The Bertz CT molecular complexity index is 1280. The highest BCUT2D eigenvalue weighted by Crippen LogP contribution is 2.38. The van der Waals surface area contributed by atoms with Crippen LogP contribution in [0.2, 0.25) is 0 Å². The van der Waals surface area contributed by atoms with Gasteiger partial charge in [-0.1, -0.05) is 13.0 Å². The van der Waals surface area contributed by atoms with E-state index in [4.69, 9.17) is 10.7 Å². The summed E-state index contributed by atoms with van der Waals surface area (Å²) in [5, 5.41) is 3.92. The first kappa shape index (κ1) is 24.6. The van der Waals surface area contributed by atoms with Crippen molar-refractivity contribution in [2.45, 2.75) is 51.5 Å². The van der Waals surface area contributed by atoms with Crippen molar-refractivity contribution in [1.82, 2.24) is 19.8 Å². The monoisotopic (exact) mass is 506 g/mol. The first-order chi connectivity index (χ1) is 17.3. The number of amides is 2. The van der Waals surface area contributed by atoms with E-state index in [2.05, 4.69) is 47.4 Å². The van der Waals surface area contributed by atoms with Crippen LogP contribution in [0, 0.1) is 12.8 Å². The van der Waals surface area contributed by atoms with Crippen LogP contribution in [0.5, 0.6) is 0 Å².